The molecule has 0 radical (unpaired) electrons. The fourth-order valence-electron chi connectivity index (χ4n) is 2.84. The Hall–Kier alpha value is -3.21. The van der Waals surface area contributed by atoms with Crippen LogP contribution in [0.1, 0.15) is 17.0 Å². The molecule has 0 aliphatic rings. The predicted molar refractivity (Wildman–Crippen MR) is 101 cm³/mol. The van der Waals surface area contributed by atoms with E-state index in [-0.39, 0.29) is 0 Å². The molecule has 0 amide bonds. The summed E-state index contributed by atoms with van der Waals surface area (Å²) in [6, 6.07) is 18.1. The Bertz CT molecular complexity index is 1050. The van der Waals surface area contributed by atoms with Gasteiger partial charge in [0, 0.05) is 11.4 Å². The number of nitrogens with one attached hydrogen (secondary N) is 1. The third-order valence-electron chi connectivity index (χ3n) is 4.08. The Balaban J connectivity index is 1.89. The molecule has 25 heavy (non-hydrogen) atoms. The second-order valence-electron chi connectivity index (χ2n) is 6.21. The summed E-state index contributed by atoms with van der Waals surface area (Å²) in [6.07, 6.45) is 0. The number of anilines is 2. The number of para-hydroxylation sites is 2. The third-order valence-corrected chi connectivity index (χ3v) is 4.08. The van der Waals surface area contributed by atoms with Crippen molar-refractivity contribution in [1.82, 2.24) is 19.7 Å². The summed E-state index contributed by atoms with van der Waals surface area (Å²) >= 11 is 0. The van der Waals surface area contributed by atoms with Crippen molar-refractivity contribution in [2.75, 3.05) is 5.32 Å². The van der Waals surface area contributed by atoms with Gasteiger partial charge in [0.1, 0.15) is 0 Å². The fraction of sp³-hybridized carbons (Fsp3) is 0.150. The number of rotatable bonds is 3. The minimum atomic E-state index is 0.689. The highest BCUT2D eigenvalue weighted by molar-refractivity contribution is 5.79. The Labute approximate surface area is 146 Å². The molecule has 0 spiro atoms. The minimum Gasteiger partial charge on any atom is -0.337 e. The first-order valence-electron chi connectivity index (χ1n) is 8.24. The van der Waals surface area contributed by atoms with Gasteiger partial charge in [-0.1, -0.05) is 29.8 Å². The molecule has 0 saturated carbocycles. The monoisotopic (exact) mass is 329 g/mol. The molecule has 4 rings (SSSR count). The number of hydrogen-bond donors (Lipinski definition) is 1. The van der Waals surface area contributed by atoms with Crippen LogP contribution in [0.4, 0.5) is 11.5 Å². The Kier molecular flexibility index (Phi) is 3.69. The van der Waals surface area contributed by atoms with Crippen molar-refractivity contribution in [2.24, 2.45) is 0 Å². The topological polar surface area (TPSA) is 55.6 Å². The van der Waals surface area contributed by atoms with Crippen molar-refractivity contribution in [3.63, 3.8) is 0 Å². The number of aromatic nitrogens is 4. The van der Waals surface area contributed by atoms with Crippen molar-refractivity contribution in [1.29, 1.82) is 0 Å². The van der Waals surface area contributed by atoms with E-state index in [1.807, 2.05) is 61.0 Å². The van der Waals surface area contributed by atoms with Gasteiger partial charge in [0.2, 0.25) is 0 Å². The first kappa shape index (κ1) is 15.3. The zero-order valence-electron chi connectivity index (χ0n) is 14.5. The number of fused-ring (bicyclic) bond motifs is 1. The van der Waals surface area contributed by atoms with Crippen LogP contribution in [-0.4, -0.2) is 19.7 Å². The summed E-state index contributed by atoms with van der Waals surface area (Å²) in [5, 5.41) is 7.97. The summed E-state index contributed by atoms with van der Waals surface area (Å²) in [6.45, 7) is 6.07. The summed E-state index contributed by atoms with van der Waals surface area (Å²) < 4.78 is 1.84. The van der Waals surface area contributed by atoms with Crippen LogP contribution in [0.2, 0.25) is 0 Å². The molecule has 0 fully saturated rings. The van der Waals surface area contributed by atoms with Crippen LogP contribution in [-0.2, 0) is 0 Å². The summed E-state index contributed by atoms with van der Waals surface area (Å²) in [5.74, 6) is 1.39. The second-order valence-corrected chi connectivity index (χ2v) is 6.21. The average molecular weight is 329 g/mol. The van der Waals surface area contributed by atoms with E-state index >= 15 is 0 Å². The van der Waals surface area contributed by atoms with Gasteiger partial charge >= 0.3 is 0 Å². The van der Waals surface area contributed by atoms with Crippen molar-refractivity contribution < 1.29 is 0 Å². The maximum atomic E-state index is 4.81. The lowest BCUT2D eigenvalue weighted by molar-refractivity contribution is 0.808. The van der Waals surface area contributed by atoms with Crippen LogP contribution in [0.15, 0.2) is 54.6 Å². The molecule has 5 heteroatoms. The van der Waals surface area contributed by atoms with Crippen molar-refractivity contribution in [3.05, 3.63) is 71.5 Å². The van der Waals surface area contributed by atoms with Gasteiger partial charge in [-0.05, 0) is 51.1 Å². The molecule has 0 bridgehead atoms. The molecular weight excluding hydrogens is 310 g/mol. The van der Waals surface area contributed by atoms with Crippen LogP contribution >= 0.6 is 0 Å². The lowest BCUT2D eigenvalue weighted by atomic mass is 10.2. The maximum Gasteiger partial charge on any atom is 0.197 e. The summed E-state index contributed by atoms with van der Waals surface area (Å²) in [7, 11) is 0. The van der Waals surface area contributed by atoms with Gasteiger partial charge in [0.15, 0.2) is 11.6 Å². The van der Waals surface area contributed by atoms with Gasteiger partial charge in [-0.2, -0.15) is 5.10 Å². The highest BCUT2D eigenvalue weighted by Crippen LogP contribution is 2.25. The van der Waals surface area contributed by atoms with Gasteiger partial charge < -0.3 is 5.32 Å². The van der Waals surface area contributed by atoms with Crippen LogP contribution in [0.25, 0.3) is 16.9 Å². The van der Waals surface area contributed by atoms with Crippen molar-refractivity contribution in [3.8, 4) is 5.82 Å². The van der Waals surface area contributed by atoms with Crippen molar-refractivity contribution >= 4 is 22.5 Å². The third kappa shape index (κ3) is 2.96. The Morgan fingerprint density at radius 3 is 2.16 bits per heavy atom. The zero-order valence-corrected chi connectivity index (χ0v) is 14.5. The first-order chi connectivity index (χ1) is 12.1. The quantitative estimate of drug-likeness (QED) is 0.602. The second kappa shape index (κ2) is 6.02. The SMILES string of the molecule is Cc1ccc(Nc2nc3ccccc3nc2-n2nc(C)cc2C)cc1. The van der Waals surface area contributed by atoms with E-state index in [9.17, 15) is 0 Å². The van der Waals surface area contributed by atoms with Gasteiger partial charge in [-0.3, -0.25) is 0 Å². The van der Waals surface area contributed by atoms with Crippen LogP contribution in [0.5, 0.6) is 0 Å². The largest absolute Gasteiger partial charge is 0.337 e. The fourth-order valence-corrected chi connectivity index (χ4v) is 2.84. The smallest absolute Gasteiger partial charge is 0.197 e. The molecule has 0 unspecified atom stereocenters. The normalized spacial score (nSPS) is 11.0. The molecule has 2 aromatic heterocycles. The molecule has 2 heterocycles. The van der Waals surface area contributed by atoms with Gasteiger partial charge in [-0.15, -0.1) is 0 Å². The minimum absolute atomic E-state index is 0.689. The average Bonchev–Trinajstić information content (AvgIpc) is 2.94. The molecule has 124 valence electrons. The zero-order chi connectivity index (χ0) is 17.4. The first-order valence-corrected chi connectivity index (χ1v) is 8.24. The molecule has 0 aliphatic heterocycles. The number of benzene rings is 2. The predicted octanol–water partition coefficient (Wildman–Crippen LogP) is 4.48. The Morgan fingerprint density at radius 2 is 1.52 bits per heavy atom. The van der Waals surface area contributed by atoms with Gasteiger partial charge in [0.05, 0.1) is 16.7 Å². The van der Waals surface area contributed by atoms with Gasteiger partial charge in [0.25, 0.3) is 0 Å². The van der Waals surface area contributed by atoms with Crippen LogP contribution < -0.4 is 5.32 Å². The number of nitrogens with zero attached hydrogens (tertiary/aromatic N) is 4. The summed E-state index contributed by atoms with van der Waals surface area (Å²) in [4.78, 5) is 9.59. The van der Waals surface area contributed by atoms with Gasteiger partial charge in [-0.25, -0.2) is 14.6 Å². The van der Waals surface area contributed by atoms with E-state index in [0.717, 1.165) is 28.1 Å². The lowest BCUT2D eigenvalue weighted by Crippen LogP contribution is -2.08. The molecule has 2 aromatic carbocycles. The molecule has 0 aliphatic carbocycles. The lowest BCUT2D eigenvalue weighted by Gasteiger charge is -2.13. The molecule has 1 N–H and O–H groups in total. The highest BCUT2D eigenvalue weighted by atomic mass is 15.3. The molecule has 4 aromatic rings. The number of hydrogen-bond acceptors (Lipinski definition) is 4. The van der Waals surface area contributed by atoms with E-state index in [1.54, 1.807) is 0 Å². The molecular formula is C20H19N5. The standard InChI is InChI=1S/C20H19N5/c1-13-8-10-16(11-9-13)21-19-20(25-15(3)12-14(2)24-25)23-18-7-5-4-6-17(18)22-19/h4-12H,1-3H3,(H,21,22). The van der Waals surface area contributed by atoms with Crippen LogP contribution in [0, 0.1) is 20.8 Å². The van der Waals surface area contributed by atoms with E-state index in [2.05, 4.69) is 29.5 Å². The highest BCUT2D eigenvalue weighted by Gasteiger charge is 2.14. The summed E-state index contributed by atoms with van der Waals surface area (Å²) in [5.41, 5.74) is 5.86. The Morgan fingerprint density at radius 1 is 0.840 bits per heavy atom. The number of aryl methyl sites for hydroxylation is 3. The molecule has 0 saturated heterocycles. The van der Waals surface area contributed by atoms with E-state index in [4.69, 9.17) is 9.97 Å². The molecule has 5 nitrogen and oxygen atoms in total. The molecule has 0 atom stereocenters. The van der Waals surface area contributed by atoms with E-state index in [1.165, 1.54) is 5.56 Å². The van der Waals surface area contributed by atoms with Crippen LogP contribution in [0.3, 0.4) is 0 Å². The van der Waals surface area contributed by atoms with E-state index < -0.39 is 0 Å². The van der Waals surface area contributed by atoms with E-state index in [0.29, 0.717) is 11.6 Å². The van der Waals surface area contributed by atoms with Crippen molar-refractivity contribution in [2.45, 2.75) is 20.8 Å². The maximum absolute atomic E-state index is 4.81.